The quantitative estimate of drug-likeness (QED) is 0.266. The normalized spacial score (nSPS) is 13.9. The van der Waals surface area contributed by atoms with E-state index < -0.39 is 5.60 Å². The fraction of sp³-hybridized carbons (Fsp3) is 0.364. The second-order valence-corrected chi connectivity index (χ2v) is 11.4. The third-order valence-electron chi connectivity index (χ3n) is 7.25. The topological polar surface area (TPSA) is 116 Å². The number of hydrogen-bond acceptors (Lipinski definition) is 9. The number of anilines is 1. The molecule has 2 heterocycles. The summed E-state index contributed by atoms with van der Waals surface area (Å²) in [6.45, 7) is 8.87. The van der Waals surface area contributed by atoms with E-state index in [9.17, 15) is 9.59 Å². The molecule has 1 N–H and O–H groups in total. The molecule has 232 valence electrons. The van der Waals surface area contributed by atoms with Gasteiger partial charge in [0.2, 0.25) is 11.6 Å². The monoisotopic (exact) mass is 602 g/mol. The van der Waals surface area contributed by atoms with Gasteiger partial charge in [-0.05, 0) is 51.1 Å². The first-order chi connectivity index (χ1) is 21.1. The molecule has 1 aromatic heterocycles. The Labute approximate surface area is 256 Å². The first-order valence-corrected chi connectivity index (χ1v) is 14.4. The summed E-state index contributed by atoms with van der Waals surface area (Å²) in [7, 11) is 4.51. The smallest absolute Gasteiger partial charge is 0.410 e. The fourth-order valence-electron chi connectivity index (χ4n) is 5.09. The van der Waals surface area contributed by atoms with Crippen LogP contribution in [0.5, 0.6) is 17.2 Å². The SMILES string of the molecule is COc1cc(C(=O)Nc2ccccc2-c2nc3cccc(CN4CCN(C(=O)OC(C)(C)C)CC4)c3o2)cc(OC)c1OC. The van der Waals surface area contributed by atoms with Gasteiger partial charge in [0.25, 0.3) is 5.91 Å². The summed E-state index contributed by atoms with van der Waals surface area (Å²) < 4.78 is 28.1. The van der Waals surface area contributed by atoms with Crippen LogP contribution in [0.1, 0.15) is 36.7 Å². The van der Waals surface area contributed by atoms with Crippen molar-refractivity contribution in [3.05, 3.63) is 65.7 Å². The highest BCUT2D eigenvalue weighted by Crippen LogP contribution is 2.39. The molecular formula is C33H38N4O7. The summed E-state index contributed by atoms with van der Waals surface area (Å²) in [5.74, 6) is 1.19. The van der Waals surface area contributed by atoms with Gasteiger partial charge >= 0.3 is 6.09 Å². The zero-order chi connectivity index (χ0) is 31.4. The summed E-state index contributed by atoms with van der Waals surface area (Å²) in [4.78, 5) is 34.6. The molecule has 5 rings (SSSR count). The second-order valence-electron chi connectivity index (χ2n) is 11.4. The summed E-state index contributed by atoms with van der Waals surface area (Å²) in [5.41, 5.74) is 3.39. The number of methoxy groups -OCH3 is 3. The van der Waals surface area contributed by atoms with Gasteiger partial charge in [-0.15, -0.1) is 0 Å². The van der Waals surface area contributed by atoms with Gasteiger partial charge < -0.3 is 33.6 Å². The van der Waals surface area contributed by atoms with Gasteiger partial charge in [-0.2, -0.15) is 0 Å². The number of rotatable bonds is 8. The van der Waals surface area contributed by atoms with Crippen LogP contribution in [0.4, 0.5) is 10.5 Å². The minimum atomic E-state index is -0.522. The molecular weight excluding hydrogens is 564 g/mol. The predicted molar refractivity (Wildman–Crippen MR) is 167 cm³/mol. The highest BCUT2D eigenvalue weighted by atomic mass is 16.6. The van der Waals surface area contributed by atoms with Gasteiger partial charge in [-0.1, -0.05) is 24.3 Å². The third kappa shape index (κ3) is 6.73. The lowest BCUT2D eigenvalue weighted by molar-refractivity contribution is 0.0139. The lowest BCUT2D eigenvalue weighted by atomic mass is 10.1. The molecule has 0 unspecified atom stereocenters. The molecule has 0 radical (unpaired) electrons. The molecule has 11 heteroatoms. The van der Waals surface area contributed by atoms with Crippen LogP contribution < -0.4 is 19.5 Å². The second kappa shape index (κ2) is 12.8. The molecule has 11 nitrogen and oxygen atoms in total. The van der Waals surface area contributed by atoms with Crippen molar-refractivity contribution >= 4 is 28.8 Å². The van der Waals surface area contributed by atoms with E-state index in [1.54, 1.807) is 23.1 Å². The van der Waals surface area contributed by atoms with Gasteiger partial charge in [-0.3, -0.25) is 9.69 Å². The number of ether oxygens (including phenoxy) is 4. The van der Waals surface area contributed by atoms with E-state index in [-0.39, 0.29) is 12.0 Å². The van der Waals surface area contributed by atoms with Crippen molar-refractivity contribution in [2.45, 2.75) is 32.9 Å². The maximum Gasteiger partial charge on any atom is 0.410 e. The molecule has 3 aromatic carbocycles. The zero-order valence-electron chi connectivity index (χ0n) is 25.9. The van der Waals surface area contributed by atoms with E-state index >= 15 is 0 Å². The summed E-state index contributed by atoms with van der Waals surface area (Å²) >= 11 is 0. The number of oxazole rings is 1. The Morgan fingerprint density at radius 2 is 1.59 bits per heavy atom. The number of nitrogens with zero attached hydrogens (tertiary/aromatic N) is 3. The van der Waals surface area contributed by atoms with Crippen LogP contribution in [0.3, 0.4) is 0 Å². The van der Waals surface area contributed by atoms with Crippen LogP contribution >= 0.6 is 0 Å². The van der Waals surface area contributed by atoms with Crippen molar-refractivity contribution in [1.29, 1.82) is 0 Å². The van der Waals surface area contributed by atoms with Crippen molar-refractivity contribution < 1.29 is 33.0 Å². The number of nitrogens with one attached hydrogen (secondary N) is 1. The molecule has 1 fully saturated rings. The molecule has 0 saturated carbocycles. The van der Waals surface area contributed by atoms with E-state index in [0.717, 1.165) is 11.1 Å². The van der Waals surface area contributed by atoms with E-state index in [4.69, 9.17) is 28.3 Å². The average molecular weight is 603 g/mol. The van der Waals surface area contributed by atoms with Crippen LogP contribution in [-0.2, 0) is 11.3 Å². The Kier molecular flexibility index (Phi) is 8.96. The Hall–Kier alpha value is -4.77. The van der Waals surface area contributed by atoms with E-state index in [2.05, 4.69) is 10.2 Å². The van der Waals surface area contributed by atoms with Crippen molar-refractivity contribution in [3.8, 4) is 28.7 Å². The molecule has 1 aliphatic rings. The van der Waals surface area contributed by atoms with E-state index in [0.29, 0.717) is 78.3 Å². The van der Waals surface area contributed by atoms with Crippen LogP contribution in [0.15, 0.2) is 59.0 Å². The Morgan fingerprint density at radius 1 is 0.909 bits per heavy atom. The zero-order valence-corrected chi connectivity index (χ0v) is 25.9. The van der Waals surface area contributed by atoms with Crippen molar-refractivity contribution in [2.75, 3.05) is 52.8 Å². The Bertz CT molecular complexity index is 1630. The number of aromatic nitrogens is 1. The standard InChI is InChI=1S/C33H38N4O7/c1-33(2,3)44-32(39)37-16-14-36(15-17-37)20-21-10-9-13-25-28(21)43-31(35-25)23-11-7-8-12-24(23)34-30(38)22-18-26(40-4)29(42-6)27(19-22)41-5/h7-13,18-19H,14-17,20H2,1-6H3,(H,34,38). The molecule has 0 atom stereocenters. The third-order valence-corrected chi connectivity index (χ3v) is 7.25. The molecule has 4 aromatic rings. The number of fused-ring (bicyclic) bond motifs is 1. The Morgan fingerprint density at radius 3 is 2.23 bits per heavy atom. The van der Waals surface area contributed by atoms with Gasteiger partial charge in [0.05, 0.1) is 32.6 Å². The Balaban J connectivity index is 1.34. The van der Waals surface area contributed by atoms with Gasteiger partial charge in [-0.25, -0.2) is 9.78 Å². The minimum Gasteiger partial charge on any atom is -0.493 e. The van der Waals surface area contributed by atoms with E-state index in [1.807, 2.05) is 57.2 Å². The summed E-state index contributed by atoms with van der Waals surface area (Å²) in [6.07, 6.45) is -0.282. The maximum absolute atomic E-state index is 13.4. The number of benzene rings is 3. The molecule has 0 spiro atoms. The first-order valence-electron chi connectivity index (χ1n) is 14.4. The molecule has 0 bridgehead atoms. The number of carbonyl (C=O) groups is 2. The molecule has 1 aliphatic heterocycles. The number of amides is 2. The number of hydrogen-bond donors (Lipinski definition) is 1. The van der Waals surface area contributed by atoms with Gasteiger partial charge in [0.1, 0.15) is 11.1 Å². The van der Waals surface area contributed by atoms with Gasteiger partial charge in [0.15, 0.2) is 17.1 Å². The number of carbonyl (C=O) groups excluding carboxylic acids is 2. The summed E-state index contributed by atoms with van der Waals surface area (Å²) in [6, 6.07) is 16.4. The predicted octanol–water partition coefficient (Wildman–Crippen LogP) is 5.83. The van der Waals surface area contributed by atoms with Crippen LogP contribution in [0, 0.1) is 0 Å². The fourth-order valence-corrected chi connectivity index (χ4v) is 5.09. The van der Waals surface area contributed by atoms with Crippen LogP contribution in [0.2, 0.25) is 0 Å². The summed E-state index contributed by atoms with van der Waals surface area (Å²) in [5, 5.41) is 2.98. The lowest BCUT2D eigenvalue weighted by Crippen LogP contribution is -2.49. The first kappa shape index (κ1) is 30.7. The largest absolute Gasteiger partial charge is 0.493 e. The molecule has 44 heavy (non-hydrogen) atoms. The van der Waals surface area contributed by atoms with Gasteiger partial charge in [0, 0.05) is 43.9 Å². The van der Waals surface area contributed by atoms with E-state index in [1.165, 1.54) is 21.3 Å². The van der Waals surface area contributed by atoms with Crippen molar-refractivity contribution in [2.24, 2.45) is 0 Å². The molecule has 0 aliphatic carbocycles. The van der Waals surface area contributed by atoms with Crippen LogP contribution in [-0.4, -0.2) is 79.9 Å². The molecule has 2 amide bonds. The number of para-hydroxylation sites is 2. The number of piperazine rings is 1. The van der Waals surface area contributed by atoms with Crippen LogP contribution in [0.25, 0.3) is 22.6 Å². The highest BCUT2D eigenvalue weighted by Gasteiger charge is 2.27. The maximum atomic E-state index is 13.4. The lowest BCUT2D eigenvalue weighted by Gasteiger charge is -2.35. The highest BCUT2D eigenvalue weighted by molar-refractivity contribution is 6.06. The average Bonchev–Trinajstić information content (AvgIpc) is 3.45. The molecule has 1 saturated heterocycles. The van der Waals surface area contributed by atoms with Crippen molar-refractivity contribution in [1.82, 2.24) is 14.8 Å². The van der Waals surface area contributed by atoms with Crippen molar-refractivity contribution in [3.63, 3.8) is 0 Å². The minimum absolute atomic E-state index is 0.282.